The fourth-order valence-corrected chi connectivity index (χ4v) is 2.72. The number of unbranched alkanes of at least 4 members (excludes halogenated alkanes) is 1. The summed E-state index contributed by atoms with van der Waals surface area (Å²) in [5, 5.41) is 4.33. The Hall–Kier alpha value is -1.07. The van der Waals surface area contributed by atoms with Gasteiger partial charge in [0.15, 0.2) is 5.65 Å². The maximum atomic E-state index is 6.28. The standard InChI is InChI=1S/C15H25ClN4O/c1-5-6-9-21-10-7-8-20-14(11(2)16)17-13-12(3)18-19(4)15(13)20/h11H,5-10H2,1-4H3. The SMILES string of the molecule is CCCCOCCCn1c(C(C)Cl)nc2c(C)nn(C)c21. The van der Waals surface area contributed by atoms with E-state index in [-0.39, 0.29) is 5.38 Å². The van der Waals surface area contributed by atoms with Crippen molar-refractivity contribution >= 4 is 22.8 Å². The highest BCUT2D eigenvalue weighted by Crippen LogP contribution is 2.26. The van der Waals surface area contributed by atoms with Crippen molar-refractivity contribution in [1.29, 1.82) is 0 Å². The van der Waals surface area contributed by atoms with Gasteiger partial charge in [-0.25, -0.2) is 4.98 Å². The molecule has 0 aliphatic heterocycles. The summed E-state index contributed by atoms with van der Waals surface area (Å²) in [7, 11) is 1.95. The lowest BCUT2D eigenvalue weighted by Crippen LogP contribution is -2.10. The van der Waals surface area contributed by atoms with Crippen LogP contribution in [0, 0.1) is 6.92 Å². The van der Waals surface area contributed by atoms with Crippen molar-refractivity contribution in [3.05, 3.63) is 11.5 Å². The van der Waals surface area contributed by atoms with E-state index in [0.29, 0.717) is 0 Å². The third-order valence-electron chi connectivity index (χ3n) is 3.59. The van der Waals surface area contributed by atoms with E-state index in [2.05, 4.69) is 21.6 Å². The third-order valence-corrected chi connectivity index (χ3v) is 3.78. The molecule has 0 saturated carbocycles. The van der Waals surface area contributed by atoms with Crippen LogP contribution in [0.3, 0.4) is 0 Å². The molecule has 0 aliphatic rings. The fourth-order valence-electron chi connectivity index (χ4n) is 2.55. The molecule has 6 heteroatoms. The molecular formula is C15H25ClN4O. The molecule has 2 aromatic heterocycles. The first kappa shape index (κ1) is 16.3. The van der Waals surface area contributed by atoms with Gasteiger partial charge in [-0.1, -0.05) is 13.3 Å². The molecule has 1 atom stereocenters. The zero-order valence-electron chi connectivity index (χ0n) is 13.4. The van der Waals surface area contributed by atoms with E-state index in [9.17, 15) is 0 Å². The van der Waals surface area contributed by atoms with Gasteiger partial charge in [0.05, 0.1) is 11.1 Å². The number of rotatable bonds is 8. The van der Waals surface area contributed by atoms with Gasteiger partial charge in [-0.05, 0) is 26.7 Å². The van der Waals surface area contributed by atoms with Crippen LogP contribution in [0.1, 0.15) is 50.0 Å². The largest absolute Gasteiger partial charge is 0.381 e. The first-order chi connectivity index (χ1) is 10.1. The highest BCUT2D eigenvalue weighted by atomic mass is 35.5. The minimum absolute atomic E-state index is 0.113. The van der Waals surface area contributed by atoms with E-state index in [0.717, 1.165) is 55.3 Å². The zero-order chi connectivity index (χ0) is 15.4. The number of aryl methyl sites for hydroxylation is 3. The molecule has 0 fully saturated rings. The van der Waals surface area contributed by atoms with Gasteiger partial charge in [-0.2, -0.15) is 5.10 Å². The smallest absolute Gasteiger partial charge is 0.158 e. The Kier molecular flexibility index (Phi) is 5.65. The van der Waals surface area contributed by atoms with Crippen molar-refractivity contribution in [3.8, 4) is 0 Å². The van der Waals surface area contributed by atoms with Crippen molar-refractivity contribution in [2.75, 3.05) is 13.2 Å². The fraction of sp³-hybridized carbons (Fsp3) is 0.733. The van der Waals surface area contributed by atoms with Gasteiger partial charge in [0.25, 0.3) is 0 Å². The Labute approximate surface area is 131 Å². The Morgan fingerprint density at radius 3 is 2.67 bits per heavy atom. The van der Waals surface area contributed by atoms with Crippen molar-refractivity contribution < 1.29 is 4.74 Å². The molecule has 2 rings (SSSR count). The van der Waals surface area contributed by atoms with Gasteiger partial charge in [-0.3, -0.25) is 4.68 Å². The highest BCUT2D eigenvalue weighted by molar-refractivity contribution is 6.20. The summed E-state index contributed by atoms with van der Waals surface area (Å²) in [5.74, 6) is 0.913. The number of fused-ring (bicyclic) bond motifs is 1. The van der Waals surface area contributed by atoms with Crippen LogP contribution < -0.4 is 0 Å². The molecule has 0 spiro atoms. The highest BCUT2D eigenvalue weighted by Gasteiger charge is 2.19. The number of imidazole rings is 1. The second kappa shape index (κ2) is 7.27. The van der Waals surface area contributed by atoms with Crippen LogP contribution in [0.15, 0.2) is 0 Å². The minimum atomic E-state index is -0.113. The van der Waals surface area contributed by atoms with Gasteiger partial charge in [0.1, 0.15) is 11.3 Å². The molecule has 21 heavy (non-hydrogen) atoms. The van der Waals surface area contributed by atoms with E-state index in [4.69, 9.17) is 16.3 Å². The Bertz CT molecular complexity index is 588. The van der Waals surface area contributed by atoms with Crippen molar-refractivity contribution in [1.82, 2.24) is 19.3 Å². The molecule has 0 aromatic carbocycles. The molecule has 0 bridgehead atoms. The van der Waals surface area contributed by atoms with E-state index in [1.807, 2.05) is 25.6 Å². The summed E-state index contributed by atoms with van der Waals surface area (Å²) in [6.07, 6.45) is 3.25. The van der Waals surface area contributed by atoms with Gasteiger partial charge >= 0.3 is 0 Å². The third kappa shape index (κ3) is 3.58. The van der Waals surface area contributed by atoms with Gasteiger partial charge in [0, 0.05) is 26.8 Å². The van der Waals surface area contributed by atoms with Crippen LogP contribution in [0.2, 0.25) is 0 Å². The Balaban J connectivity index is 2.11. The number of hydrogen-bond acceptors (Lipinski definition) is 3. The first-order valence-corrected chi connectivity index (χ1v) is 8.11. The molecule has 0 radical (unpaired) electrons. The van der Waals surface area contributed by atoms with Crippen LogP contribution in [0.5, 0.6) is 0 Å². The summed E-state index contributed by atoms with van der Waals surface area (Å²) in [4.78, 5) is 4.67. The normalized spacial score (nSPS) is 13.2. The van der Waals surface area contributed by atoms with Crippen LogP contribution in [0.4, 0.5) is 0 Å². The van der Waals surface area contributed by atoms with E-state index in [1.165, 1.54) is 6.42 Å². The topological polar surface area (TPSA) is 44.9 Å². The number of ether oxygens (including phenoxy) is 1. The first-order valence-electron chi connectivity index (χ1n) is 7.67. The second-order valence-electron chi connectivity index (χ2n) is 5.44. The summed E-state index contributed by atoms with van der Waals surface area (Å²) < 4.78 is 9.70. The lowest BCUT2D eigenvalue weighted by Gasteiger charge is -2.11. The maximum absolute atomic E-state index is 6.28. The summed E-state index contributed by atoms with van der Waals surface area (Å²) >= 11 is 6.28. The van der Waals surface area contributed by atoms with Crippen LogP contribution in [-0.4, -0.2) is 32.5 Å². The van der Waals surface area contributed by atoms with Crippen LogP contribution in [-0.2, 0) is 18.3 Å². The molecular weight excluding hydrogens is 288 g/mol. The molecule has 2 aromatic rings. The second-order valence-corrected chi connectivity index (χ2v) is 6.09. The van der Waals surface area contributed by atoms with Crippen molar-refractivity contribution in [2.45, 2.75) is 52.0 Å². The van der Waals surface area contributed by atoms with Gasteiger partial charge in [0.2, 0.25) is 0 Å². The molecule has 118 valence electrons. The lowest BCUT2D eigenvalue weighted by atomic mass is 10.3. The number of hydrogen-bond donors (Lipinski definition) is 0. The average Bonchev–Trinajstić information content (AvgIpc) is 2.94. The van der Waals surface area contributed by atoms with Crippen molar-refractivity contribution in [3.63, 3.8) is 0 Å². The maximum Gasteiger partial charge on any atom is 0.158 e. The predicted molar refractivity (Wildman–Crippen MR) is 85.8 cm³/mol. The molecule has 0 amide bonds. The van der Waals surface area contributed by atoms with Crippen LogP contribution >= 0.6 is 11.6 Å². The Morgan fingerprint density at radius 1 is 1.29 bits per heavy atom. The minimum Gasteiger partial charge on any atom is -0.381 e. The summed E-state index contributed by atoms with van der Waals surface area (Å²) in [6.45, 7) is 8.58. The lowest BCUT2D eigenvalue weighted by molar-refractivity contribution is 0.126. The van der Waals surface area contributed by atoms with E-state index >= 15 is 0 Å². The molecule has 1 unspecified atom stereocenters. The van der Waals surface area contributed by atoms with Gasteiger partial charge < -0.3 is 9.30 Å². The zero-order valence-corrected chi connectivity index (χ0v) is 14.2. The number of alkyl halides is 1. The summed E-state index contributed by atoms with van der Waals surface area (Å²) in [5.41, 5.74) is 2.94. The summed E-state index contributed by atoms with van der Waals surface area (Å²) in [6, 6.07) is 0. The Morgan fingerprint density at radius 2 is 2.00 bits per heavy atom. The monoisotopic (exact) mass is 312 g/mol. The van der Waals surface area contributed by atoms with Crippen molar-refractivity contribution in [2.24, 2.45) is 7.05 Å². The van der Waals surface area contributed by atoms with Gasteiger partial charge in [-0.15, -0.1) is 11.6 Å². The quantitative estimate of drug-likeness (QED) is 0.553. The van der Waals surface area contributed by atoms with Crippen LogP contribution in [0.25, 0.3) is 11.2 Å². The number of halogens is 1. The molecule has 0 aliphatic carbocycles. The van der Waals surface area contributed by atoms with E-state index < -0.39 is 0 Å². The molecule has 5 nitrogen and oxygen atoms in total. The number of aromatic nitrogens is 4. The average molecular weight is 313 g/mol. The molecule has 2 heterocycles. The van der Waals surface area contributed by atoms with E-state index in [1.54, 1.807) is 0 Å². The number of nitrogens with zero attached hydrogens (tertiary/aromatic N) is 4. The molecule has 0 N–H and O–H groups in total. The predicted octanol–water partition coefficient (Wildman–Crippen LogP) is 3.58. The molecule has 0 saturated heterocycles.